The van der Waals surface area contributed by atoms with Crippen molar-refractivity contribution in [1.29, 1.82) is 0 Å². The van der Waals surface area contributed by atoms with E-state index in [9.17, 15) is 4.79 Å². The summed E-state index contributed by atoms with van der Waals surface area (Å²) in [5, 5.41) is 14.9. The molecule has 0 saturated heterocycles. The van der Waals surface area contributed by atoms with Crippen molar-refractivity contribution in [3.8, 4) is 0 Å². The number of nitrogen functional groups attached to an aromatic ring is 1. The number of nitrogens with one attached hydrogen (secondary N) is 4. The van der Waals surface area contributed by atoms with Gasteiger partial charge in [-0.05, 0) is 31.4 Å². The third kappa shape index (κ3) is 4.61. The zero-order valence-corrected chi connectivity index (χ0v) is 18.8. The fourth-order valence-corrected chi connectivity index (χ4v) is 4.09. The fourth-order valence-electron chi connectivity index (χ4n) is 4.09. The third-order valence-corrected chi connectivity index (χ3v) is 5.72. The molecule has 34 heavy (non-hydrogen) atoms. The van der Waals surface area contributed by atoms with Gasteiger partial charge in [0.15, 0.2) is 0 Å². The lowest BCUT2D eigenvalue weighted by atomic mass is 10.0. The first-order chi connectivity index (χ1) is 16.7. The van der Waals surface area contributed by atoms with Crippen molar-refractivity contribution in [2.45, 2.75) is 19.3 Å². The number of amides is 1. The molecule has 1 aliphatic rings. The van der Waals surface area contributed by atoms with Gasteiger partial charge >= 0.3 is 0 Å². The predicted molar refractivity (Wildman–Crippen MR) is 135 cm³/mol. The molecule has 2 aromatic carbocycles. The van der Waals surface area contributed by atoms with Crippen LogP contribution in [-0.4, -0.2) is 52.0 Å². The molecule has 1 aliphatic heterocycles. The van der Waals surface area contributed by atoms with Crippen molar-refractivity contribution < 1.29 is 4.79 Å². The van der Waals surface area contributed by atoms with Gasteiger partial charge in [-0.2, -0.15) is 15.0 Å². The van der Waals surface area contributed by atoms with Crippen LogP contribution < -0.4 is 27.0 Å². The van der Waals surface area contributed by atoms with Crippen LogP contribution >= 0.6 is 0 Å². The Hall–Kier alpha value is -4.21. The molecular weight excluding hydrogens is 430 g/mol. The number of hydrogen-bond donors (Lipinski definition) is 5. The second kappa shape index (κ2) is 9.74. The maximum Gasteiger partial charge on any atom is 0.253 e. The van der Waals surface area contributed by atoms with Crippen LogP contribution in [0.2, 0.25) is 0 Å². The highest BCUT2D eigenvalue weighted by Gasteiger charge is 2.16. The van der Waals surface area contributed by atoms with Crippen LogP contribution in [0, 0.1) is 0 Å². The molecule has 4 aromatic rings. The van der Waals surface area contributed by atoms with Gasteiger partial charge in [-0.3, -0.25) is 4.79 Å². The van der Waals surface area contributed by atoms with Gasteiger partial charge in [0.1, 0.15) is 0 Å². The highest BCUT2D eigenvalue weighted by molar-refractivity contribution is 6.14. The van der Waals surface area contributed by atoms with Crippen LogP contribution in [0.15, 0.2) is 42.5 Å². The number of aromatic nitrogens is 4. The van der Waals surface area contributed by atoms with E-state index in [1.54, 1.807) is 0 Å². The number of nitrogens with two attached hydrogens (primary N) is 1. The van der Waals surface area contributed by atoms with E-state index >= 15 is 0 Å². The van der Waals surface area contributed by atoms with Gasteiger partial charge < -0.3 is 27.0 Å². The molecule has 6 bridgehead atoms. The Bertz CT molecular complexity index is 1340. The molecular formula is C24H27N9O. The molecule has 0 spiro atoms. The summed E-state index contributed by atoms with van der Waals surface area (Å²) in [4.78, 5) is 30.6. The van der Waals surface area contributed by atoms with Gasteiger partial charge in [0.2, 0.25) is 17.8 Å². The van der Waals surface area contributed by atoms with Gasteiger partial charge in [-0.15, -0.1) is 0 Å². The van der Waals surface area contributed by atoms with Crippen molar-refractivity contribution in [3.05, 3.63) is 48.0 Å². The summed E-state index contributed by atoms with van der Waals surface area (Å²) < 4.78 is 0. The second-order valence-corrected chi connectivity index (χ2v) is 8.14. The molecule has 0 radical (unpaired) electrons. The van der Waals surface area contributed by atoms with Crippen LogP contribution in [0.3, 0.4) is 0 Å². The van der Waals surface area contributed by atoms with E-state index in [0.717, 1.165) is 41.4 Å². The fraction of sp³-hybridized carbons (Fsp3) is 0.292. The first kappa shape index (κ1) is 21.6. The van der Waals surface area contributed by atoms with E-state index in [2.05, 4.69) is 42.3 Å². The summed E-state index contributed by atoms with van der Waals surface area (Å²) in [6.07, 6.45) is 2.53. The highest BCUT2D eigenvalue weighted by atomic mass is 16.1. The number of para-hydroxylation sites is 2. The monoisotopic (exact) mass is 457 g/mol. The number of hydrogen-bond acceptors (Lipinski definition) is 9. The normalized spacial score (nSPS) is 15.4. The van der Waals surface area contributed by atoms with E-state index < -0.39 is 0 Å². The van der Waals surface area contributed by atoms with Crippen LogP contribution in [0.1, 0.15) is 29.6 Å². The zero-order chi connectivity index (χ0) is 23.3. The topological polar surface area (TPSA) is 143 Å². The van der Waals surface area contributed by atoms with E-state index in [1.165, 1.54) is 0 Å². The molecule has 0 fully saturated rings. The van der Waals surface area contributed by atoms with Gasteiger partial charge in [-0.1, -0.05) is 30.3 Å². The third-order valence-electron chi connectivity index (χ3n) is 5.72. The summed E-state index contributed by atoms with van der Waals surface area (Å²) >= 11 is 0. The molecule has 6 N–H and O–H groups in total. The molecule has 2 aromatic heterocycles. The highest BCUT2D eigenvalue weighted by Crippen LogP contribution is 2.32. The SMILES string of the molecule is Nc1nc2nc(n1)NCCCNC(=O)c1cccc3c(c4ccccc4nc13)NCCCCN2. The summed E-state index contributed by atoms with van der Waals surface area (Å²) in [5.41, 5.74) is 8.95. The number of carbonyl (C=O) groups is 1. The zero-order valence-electron chi connectivity index (χ0n) is 18.8. The Morgan fingerprint density at radius 1 is 0.676 bits per heavy atom. The minimum absolute atomic E-state index is 0.145. The number of fused-ring (bicyclic) bond motifs is 4. The number of carbonyl (C=O) groups excluding carboxylic acids is 1. The van der Waals surface area contributed by atoms with Crippen molar-refractivity contribution in [3.63, 3.8) is 0 Å². The number of pyridine rings is 1. The van der Waals surface area contributed by atoms with Crippen LogP contribution in [0.5, 0.6) is 0 Å². The molecule has 5 rings (SSSR count). The first-order valence-electron chi connectivity index (χ1n) is 11.5. The first-order valence-corrected chi connectivity index (χ1v) is 11.5. The lowest BCUT2D eigenvalue weighted by Gasteiger charge is -2.15. The maximum absolute atomic E-state index is 13.0. The van der Waals surface area contributed by atoms with E-state index in [4.69, 9.17) is 10.7 Å². The Labute approximate surface area is 196 Å². The number of rotatable bonds is 0. The number of anilines is 4. The Morgan fingerprint density at radius 3 is 2.18 bits per heavy atom. The van der Waals surface area contributed by atoms with Gasteiger partial charge in [0.05, 0.1) is 22.3 Å². The second-order valence-electron chi connectivity index (χ2n) is 8.14. The molecule has 0 aliphatic carbocycles. The summed E-state index contributed by atoms with van der Waals surface area (Å²) in [5.74, 6) is 0.880. The standard InChI is InChI=1S/C24H27N9O/c25-22-31-23-28-12-4-3-11-26-19-15-7-1-2-10-18(15)30-20-16(19)8-5-9-17(20)21(34)27-13-6-14-29-24(32-22)33-23/h1-2,5,7-10,26H,3-4,6,11-14H2,(H,27,34)(H4,25,28,29,31,32,33). The minimum Gasteiger partial charge on any atom is -0.384 e. The molecule has 174 valence electrons. The molecule has 1 amide bonds. The Morgan fingerprint density at radius 2 is 1.35 bits per heavy atom. The smallest absolute Gasteiger partial charge is 0.253 e. The largest absolute Gasteiger partial charge is 0.384 e. The van der Waals surface area contributed by atoms with Crippen molar-refractivity contribution in [1.82, 2.24) is 25.3 Å². The molecule has 0 atom stereocenters. The van der Waals surface area contributed by atoms with Crippen molar-refractivity contribution >= 4 is 51.2 Å². The maximum atomic E-state index is 13.0. The summed E-state index contributed by atoms with van der Waals surface area (Å²) in [7, 11) is 0. The van der Waals surface area contributed by atoms with Crippen LogP contribution in [-0.2, 0) is 0 Å². The Kier molecular flexibility index (Phi) is 6.19. The Balaban J connectivity index is 1.47. The van der Waals surface area contributed by atoms with E-state index in [0.29, 0.717) is 49.0 Å². The summed E-state index contributed by atoms with van der Waals surface area (Å²) in [6, 6.07) is 13.8. The quantitative estimate of drug-likeness (QED) is 0.252. The van der Waals surface area contributed by atoms with Crippen LogP contribution in [0.4, 0.5) is 23.5 Å². The average Bonchev–Trinajstić information content (AvgIpc) is 2.84. The lowest BCUT2D eigenvalue weighted by Crippen LogP contribution is -2.26. The molecule has 0 saturated carbocycles. The molecule has 10 heteroatoms. The minimum atomic E-state index is -0.145. The number of nitrogens with zero attached hydrogens (tertiary/aromatic N) is 4. The van der Waals surface area contributed by atoms with Gasteiger partial charge in [0, 0.05) is 37.0 Å². The average molecular weight is 458 g/mol. The number of benzene rings is 2. The van der Waals surface area contributed by atoms with Crippen LogP contribution in [0.25, 0.3) is 21.8 Å². The van der Waals surface area contributed by atoms with E-state index in [-0.39, 0.29) is 11.9 Å². The molecule has 0 unspecified atom stereocenters. The molecule has 10 nitrogen and oxygen atoms in total. The van der Waals surface area contributed by atoms with Gasteiger partial charge in [-0.25, -0.2) is 4.98 Å². The van der Waals surface area contributed by atoms with Gasteiger partial charge in [0.25, 0.3) is 5.91 Å². The predicted octanol–water partition coefficient (Wildman–Crippen LogP) is 3.00. The lowest BCUT2D eigenvalue weighted by molar-refractivity contribution is 0.0955. The van der Waals surface area contributed by atoms with E-state index in [1.807, 2.05) is 36.4 Å². The van der Waals surface area contributed by atoms with Crippen molar-refractivity contribution in [2.75, 3.05) is 47.9 Å². The summed E-state index contributed by atoms with van der Waals surface area (Å²) in [6.45, 7) is 2.56. The van der Waals surface area contributed by atoms with Crippen molar-refractivity contribution in [2.24, 2.45) is 0 Å². The molecule has 3 heterocycles.